The Morgan fingerprint density at radius 2 is 2.13 bits per heavy atom. The zero-order chi connectivity index (χ0) is 11.6. The summed E-state index contributed by atoms with van der Waals surface area (Å²) in [4.78, 5) is 26.0. The standard InChI is InChI=1S/C9H9F2NO2S/c1-5-12-6(4-15-5)7(13)3-8(14)9(2,10)11/h4H,3H2,1-2H3. The van der Waals surface area contributed by atoms with E-state index in [0.717, 1.165) is 0 Å². The molecule has 0 fully saturated rings. The fraction of sp³-hybridized carbons (Fsp3) is 0.444. The molecule has 0 aliphatic carbocycles. The molecule has 0 aliphatic heterocycles. The van der Waals surface area contributed by atoms with Gasteiger partial charge in [-0.1, -0.05) is 0 Å². The molecule has 1 rings (SSSR count). The Kier molecular flexibility index (Phi) is 3.28. The summed E-state index contributed by atoms with van der Waals surface area (Å²) in [5, 5.41) is 2.12. The number of halogens is 2. The molecule has 0 radical (unpaired) electrons. The first kappa shape index (κ1) is 11.9. The first-order valence-corrected chi connectivity index (χ1v) is 5.05. The predicted octanol–water partition coefficient (Wildman–Crippen LogP) is 2.25. The van der Waals surface area contributed by atoms with Gasteiger partial charge in [-0.3, -0.25) is 9.59 Å². The third-order valence-corrected chi connectivity index (χ3v) is 2.49. The van der Waals surface area contributed by atoms with E-state index in [-0.39, 0.29) is 5.69 Å². The molecule has 6 heteroatoms. The maximum atomic E-state index is 12.5. The average Bonchev–Trinajstić information content (AvgIpc) is 2.50. The second kappa shape index (κ2) is 4.14. The van der Waals surface area contributed by atoms with Gasteiger partial charge < -0.3 is 0 Å². The molecule has 82 valence electrons. The van der Waals surface area contributed by atoms with Crippen molar-refractivity contribution in [2.75, 3.05) is 0 Å². The number of hydrogen-bond donors (Lipinski definition) is 0. The van der Waals surface area contributed by atoms with E-state index in [1.807, 2.05) is 0 Å². The zero-order valence-corrected chi connectivity index (χ0v) is 9.03. The number of carbonyl (C=O) groups excluding carboxylic acids is 2. The molecule has 0 saturated heterocycles. The molecule has 1 aromatic heterocycles. The summed E-state index contributed by atoms with van der Waals surface area (Å²) >= 11 is 1.24. The number of carbonyl (C=O) groups is 2. The van der Waals surface area contributed by atoms with Gasteiger partial charge in [0.2, 0.25) is 5.78 Å². The largest absolute Gasteiger partial charge is 0.303 e. The van der Waals surface area contributed by atoms with E-state index in [2.05, 4.69) is 4.98 Å². The highest BCUT2D eigenvalue weighted by molar-refractivity contribution is 7.09. The number of aromatic nitrogens is 1. The second-order valence-electron chi connectivity index (χ2n) is 3.16. The molecule has 0 aromatic carbocycles. The topological polar surface area (TPSA) is 47.0 Å². The highest BCUT2D eigenvalue weighted by Gasteiger charge is 2.33. The monoisotopic (exact) mass is 233 g/mol. The molecular weight excluding hydrogens is 224 g/mol. The molecular formula is C9H9F2NO2S. The third-order valence-electron chi connectivity index (χ3n) is 1.72. The number of hydrogen-bond acceptors (Lipinski definition) is 4. The Labute approximate surface area is 89.1 Å². The number of aryl methyl sites for hydroxylation is 1. The molecule has 0 amide bonds. The average molecular weight is 233 g/mol. The van der Waals surface area contributed by atoms with Gasteiger partial charge in [0.25, 0.3) is 0 Å². The second-order valence-corrected chi connectivity index (χ2v) is 4.23. The summed E-state index contributed by atoms with van der Waals surface area (Å²) in [7, 11) is 0. The van der Waals surface area contributed by atoms with Crippen LogP contribution < -0.4 is 0 Å². The van der Waals surface area contributed by atoms with Crippen LogP contribution in [0.4, 0.5) is 8.78 Å². The molecule has 0 atom stereocenters. The van der Waals surface area contributed by atoms with Crippen molar-refractivity contribution in [3.05, 3.63) is 16.1 Å². The van der Waals surface area contributed by atoms with E-state index in [4.69, 9.17) is 0 Å². The fourth-order valence-corrected chi connectivity index (χ4v) is 1.50. The smallest absolute Gasteiger partial charge is 0.292 e. The number of alkyl halides is 2. The Bertz CT molecular complexity index is 395. The van der Waals surface area contributed by atoms with Gasteiger partial charge in [-0.15, -0.1) is 11.3 Å². The van der Waals surface area contributed by atoms with Crippen LogP contribution in [0.25, 0.3) is 0 Å². The molecule has 15 heavy (non-hydrogen) atoms. The quantitative estimate of drug-likeness (QED) is 0.592. The van der Waals surface area contributed by atoms with Crippen molar-refractivity contribution in [3.63, 3.8) is 0 Å². The summed E-state index contributed by atoms with van der Waals surface area (Å²) in [6.07, 6.45) is -0.799. The Morgan fingerprint density at radius 3 is 2.53 bits per heavy atom. The predicted molar refractivity (Wildman–Crippen MR) is 51.4 cm³/mol. The highest BCUT2D eigenvalue weighted by atomic mass is 32.1. The zero-order valence-electron chi connectivity index (χ0n) is 8.21. The molecule has 0 aliphatic rings. The number of nitrogens with zero attached hydrogens (tertiary/aromatic N) is 1. The van der Waals surface area contributed by atoms with Crippen molar-refractivity contribution in [2.45, 2.75) is 26.2 Å². The molecule has 1 heterocycles. The lowest BCUT2D eigenvalue weighted by molar-refractivity contribution is -0.139. The summed E-state index contributed by atoms with van der Waals surface area (Å²) < 4.78 is 25.0. The highest BCUT2D eigenvalue weighted by Crippen LogP contribution is 2.17. The van der Waals surface area contributed by atoms with Crippen LogP contribution in [0.15, 0.2) is 5.38 Å². The van der Waals surface area contributed by atoms with E-state index < -0.39 is 23.9 Å². The molecule has 0 bridgehead atoms. The Morgan fingerprint density at radius 1 is 1.53 bits per heavy atom. The maximum Gasteiger partial charge on any atom is 0.303 e. The van der Waals surface area contributed by atoms with Crippen molar-refractivity contribution >= 4 is 22.9 Å². The van der Waals surface area contributed by atoms with Crippen LogP contribution in [0.2, 0.25) is 0 Å². The number of rotatable bonds is 4. The van der Waals surface area contributed by atoms with Crippen molar-refractivity contribution in [3.8, 4) is 0 Å². The SMILES string of the molecule is Cc1nc(C(=O)CC(=O)C(C)(F)F)cs1. The number of ketones is 2. The van der Waals surface area contributed by atoms with Gasteiger partial charge in [0.1, 0.15) is 5.69 Å². The summed E-state index contributed by atoms with van der Waals surface area (Å²) in [6, 6.07) is 0. The number of thiazole rings is 1. The molecule has 0 N–H and O–H groups in total. The minimum absolute atomic E-state index is 0.0788. The number of Topliss-reactive ketones (excluding diaryl/α,β-unsaturated/α-hetero) is 2. The molecule has 0 spiro atoms. The molecule has 1 aromatic rings. The van der Waals surface area contributed by atoms with E-state index in [1.54, 1.807) is 6.92 Å². The summed E-state index contributed by atoms with van der Waals surface area (Å²) in [6.45, 7) is 2.17. The minimum Gasteiger partial charge on any atom is -0.292 e. The normalized spacial score (nSPS) is 11.5. The minimum atomic E-state index is -3.46. The van der Waals surface area contributed by atoms with E-state index in [9.17, 15) is 18.4 Å². The molecule has 0 saturated carbocycles. The summed E-state index contributed by atoms with van der Waals surface area (Å²) in [5.41, 5.74) is 0.0788. The van der Waals surface area contributed by atoms with Gasteiger partial charge in [-0.25, -0.2) is 4.98 Å². The van der Waals surface area contributed by atoms with Crippen LogP contribution in [0.5, 0.6) is 0 Å². The van der Waals surface area contributed by atoms with Crippen LogP contribution in [0.1, 0.15) is 28.8 Å². The summed E-state index contributed by atoms with van der Waals surface area (Å²) in [5.74, 6) is -5.50. The Balaban J connectivity index is 2.69. The van der Waals surface area contributed by atoms with Crippen molar-refractivity contribution in [1.29, 1.82) is 0 Å². The van der Waals surface area contributed by atoms with Gasteiger partial charge in [-0.2, -0.15) is 8.78 Å². The van der Waals surface area contributed by atoms with Crippen LogP contribution >= 0.6 is 11.3 Å². The van der Waals surface area contributed by atoms with Crippen LogP contribution in [-0.2, 0) is 4.79 Å². The van der Waals surface area contributed by atoms with E-state index >= 15 is 0 Å². The molecule has 3 nitrogen and oxygen atoms in total. The van der Waals surface area contributed by atoms with Crippen molar-refractivity contribution in [2.24, 2.45) is 0 Å². The fourth-order valence-electron chi connectivity index (χ4n) is 0.883. The lowest BCUT2D eigenvalue weighted by Gasteiger charge is -2.06. The molecule has 0 unspecified atom stereocenters. The van der Waals surface area contributed by atoms with Gasteiger partial charge in [0, 0.05) is 12.3 Å². The van der Waals surface area contributed by atoms with E-state index in [1.165, 1.54) is 16.7 Å². The van der Waals surface area contributed by atoms with Crippen molar-refractivity contribution in [1.82, 2.24) is 4.98 Å². The van der Waals surface area contributed by atoms with Crippen LogP contribution in [-0.4, -0.2) is 22.5 Å². The van der Waals surface area contributed by atoms with E-state index in [0.29, 0.717) is 11.9 Å². The maximum absolute atomic E-state index is 12.5. The Hall–Kier alpha value is -1.17. The third kappa shape index (κ3) is 3.16. The lowest BCUT2D eigenvalue weighted by atomic mass is 10.1. The van der Waals surface area contributed by atoms with Gasteiger partial charge in [0.15, 0.2) is 5.78 Å². The first-order valence-electron chi connectivity index (χ1n) is 4.17. The van der Waals surface area contributed by atoms with Crippen molar-refractivity contribution < 1.29 is 18.4 Å². The first-order chi connectivity index (χ1) is 6.80. The van der Waals surface area contributed by atoms with Crippen LogP contribution in [0, 0.1) is 6.92 Å². The van der Waals surface area contributed by atoms with Gasteiger partial charge in [-0.05, 0) is 6.92 Å². The van der Waals surface area contributed by atoms with Crippen LogP contribution in [0.3, 0.4) is 0 Å². The van der Waals surface area contributed by atoms with Gasteiger partial charge in [0.05, 0.1) is 11.4 Å². The lowest BCUT2D eigenvalue weighted by Crippen LogP contribution is -2.26. The van der Waals surface area contributed by atoms with Gasteiger partial charge >= 0.3 is 5.92 Å².